The van der Waals surface area contributed by atoms with Gasteiger partial charge >= 0.3 is 0 Å². The van der Waals surface area contributed by atoms with Gasteiger partial charge in [0.15, 0.2) is 0 Å². The van der Waals surface area contributed by atoms with E-state index < -0.39 is 5.79 Å². The van der Waals surface area contributed by atoms with Gasteiger partial charge in [0, 0.05) is 12.3 Å². The summed E-state index contributed by atoms with van der Waals surface area (Å²) in [6, 6.07) is 0. The lowest BCUT2D eigenvalue weighted by Gasteiger charge is -2.29. The first-order valence-corrected chi connectivity index (χ1v) is 4.08. The minimum atomic E-state index is -1.11. The number of carbonyl (C=O) groups is 1. The molecule has 0 radical (unpaired) electrons. The summed E-state index contributed by atoms with van der Waals surface area (Å²) in [6.45, 7) is 0.362. The predicted molar refractivity (Wildman–Crippen MR) is 37.5 cm³/mol. The van der Waals surface area contributed by atoms with E-state index in [2.05, 4.69) is 0 Å². The number of hydrogen-bond acceptors (Lipinski definition) is 3. The van der Waals surface area contributed by atoms with Crippen LogP contribution < -0.4 is 0 Å². The van der Waals surface area contributed by atoms with Gasteiger partial charge in [0.05, 0.1) is 0 Å². The largest absolute Gasteiger partial charge is 0.435 e. The number of hydrogen-bond donors (Lipinski definition) is 1. The molecule has 3 atom stereocenters. The molecule has 0 spiro atoms. The molecule has 2 fully saturated rings. The van der Waals surface area contributed by atoms with Crippen LogP contribution in [-0.2, 0) is 9.53 Å². The summed E-state index contributed by atoms with van der Waals surface area (Å²) in [7, 11) is 0. The van der Waals surface area contributed by atoms with Crippen molar-refractivity contribution in [3.8, 4) is 0 Å². The molecule has 62 valence electrons. The highest BCUT2D eigenvalue weighted by Crippen LogP contribution is 2.50. The summed E-state index contributed by atoms with van der Waals surface area (Å²) in [5.41, 5.74) is 0. The molecule has 2 aliphatic carbocycles. The average molecular weight is 156 g/mol. The number of aliphatic hydroxyl groups is 1. The van der Waals surface area contributed by atoms with E-state index in [1.807, 2.05) is 0 Å². The van der Waals surface area contributed by atoms with E-state index >= 15 is 0 Å². The van der Waals surface area contributed by atoms with Crippen molar-refractivity contribution in [2.24, 2.45) is 11.8 Å². The molecule has 3 nitrogen and oxygen atoms in total. The van der Waals surface area contributed by atoms with Gasteiger partial charge in [-0.15, -0.1) is 0 Å². The maximum atomic E-state index is 10.1. The lowest BCUT2D eigenvalue weighted by atomic mass is 9.94. The number of rotatable bonds is 2. The van der Waals surface area contributed by atoms with Crippen molar-refractivity contribution in [3.05, 3.63) is 0 Å². The van der Waals surface area contributed by atoms with E-state index in [0.29, 0.717) is 18.8 Å². The standard InChI is InChI=1S/C8H12O3/c9-5-11-8(10)4-6-1-2-7(8)3-6/h5-7,10H,1-4H2. The lowest BCUT2D eigenvalue weighted by Crippen LogP contribution is -2.37. The van der Waals surface area contributed by atoms with Crippen LogP contribution in [0.5, 0.6) is 0 Å². The van der Waals surface area contributed by atoms with Crippen molar-refractivity contribution in [2.45, 2.75) is 31.5 Å². The molecule has 11 heavy (non-hydrogen) atoms. The van der Waals surface area contributed by atoms with Crippen molar-refractivity contribution in [3.63, 3.8) is 0 Å². The van der Waals surface area contributed by atoms with Gasteiger partial charge in [0.25, 0.3) is 6.47 Å². The highest BCUT2D eigenvalue weighted by Gasteiger charge is 2.51. The zero-order valence-corrected chi connectivity index (χ0v) is 6.32. The molecule has 0 amide bonds. The fourth-order valence-corrected chi connectivity index (χ4v) is 2.48. The second-order valence-corrected chi connectivity index (χ2v) is 3.64. The molecule has 0 aromatic heterocycles. The Kier molecular flexibility index (Phi) is 1.42. The van der Waals surface area contributed by atoms with E-state index in [0.717, 1.165) is 12.8 Å². The van der Waals surface area contributed by atoms with E-state index in [-0.39, 0.29) is 5.92 Å². The summed E-state index contributed by atoms with van der Waals surface area (Å²) >= 11 is 0. The van der Waals surface area contributed by atoms with Crippen molar-refractivity contribution >= 4 is 6.47 Å². The van der Waals surface area contributed by atoms with E-state index in [1.165, 1.54) is 6.42 Å². The van der Waals surface area contributed by atoms with Crippen LogP contribution in [0.4, 0.5) is 0 Å². The van der Waals surface area contributed by atoms with E-state index in [1.54, 1.807) is 0 Å². The van der Waals surface area contributed by atoms with Crippen molar-refractivity contribution < 1.29 is 14.6 Å². The second kappa shape index (κ2) is 2.21. The fourth-order valence-electron chi connectivity index (χ4n) is 2.48. The molecule has 0 aliphatic heterocycles. The Hall–Kier alpha value is -0.570. The Balaban J connectivity index is 2.10. The second-order valence-electron chi connectivity index (χ2n) is 3.64. The van der Waals surface area contributed by atoms with Crippen molar-refractivity contribution in [1.29, 1.82) is 0 Å². The third kappa shape index (κ3) is 0.948. The molecule has 2 aliphatic rings. The SMILES string of the molecule is O=COC1(O)CC2CCC1C2. The van der Waals surface area contributed by atoms with Crippen LogP contribution >= 0.6 is 0 Å². The van der Waals surface area contributed by atoms with Crippen LogP contribution in [0.3, 0.4) is 0 Å². The maximum Gasteiger partial charge on any atom is 0.295 e. The molecule has 2 saturated carbocycles. The van der Waals surface area contributed by atoms with Crippen LogP contribution in [0.25, 0.3) is 0 Å². The lowest BCUT2D eigenvalue weighted by molar-refractivity contribution is -0.216. The van der Waals surface area contributed by atoms with E-state index in [4.69, 9.17) is 4.74 Å². The predicted octanol–water partition coefficient (Wildman–Crippen LogP) is 0.668. The van der Waals surface area contributed by atoms with Gasteiger partial charge in [-0.1, -0.05) is 0 Å². The normalized spacial score (nSPS) is 47.7. The van der Waals surface area contributed by atoms with Crippen molar-refractivity contribution in [2.75, 3.05) is 0 Å². The molecular weight excluding hydrogens is 144 g/mol. The molecule has 3 unspecified atom stereocenters. The summed E-state index contributed by atoms with van der Waals surface area (Å²) in [4.78, 5) is 10.1. The Morgan fingerprint density at radius 2 is 2.36 bits per heavy atom. The summed E-state index contributed by atoms with van der Waals surface area (Å²) in [5, 5.41) is 9.73. The van der Waals surface area contributed by atoms with Gasteiger partial charge in [-0.25, -0.2) is 0 Å². The first-order valence-electron chi connectivity index (χ1n) is 4.08. The minimum absolute atomic E-state index is 0.206. The molecule has 0 saturated heterocycles. The summed E-state index contributed by atoms with van der Waals surface area (Å²) in [5.74, 6) is -0.312. The fraction of sp³-hybridized carbons (Fsp3) is 0.875. The minimum Gasteiger partial charge on any atom is -0.435 e. The zero-order chi connectivity index (χ0) is 7.90. The Labute approximate surface area is 65.4 Å². The average Bonchev–Trinajstić information content (AvgIpc) is 2.45. The van der Waals surface area contributed by atoms with E-state index in [9.17, 15) is 9.90 Å². The van der Waals surface area contributed by atoms with Gasteiger partial charge in [0.2, 0.25) is 5.79 Å². The Bertz CT molecular complexity index is 180. The molecule has 2 rings (SSSR count). The number of ether oxygens (including phenoxy) is 1. The first-order chi connectivity index (χ1) is 5.24. The molecular formula is C8H12O3. The van der Waals surface area contributed by atoms with Crippen LogP contribution in [0, 0.1) is 11.8 Å². The van der Waals surface area contributed by atoms with Gasteiger partial charge in [-0.3, -0.25) is 4.79 Å². The molecule has 0 heterocycles. The van der Waals surface area contributed by atoms with Crippen LogP contribution in [0.1, 0.15) is 25.7 Å². The van der Waals surface area contributed by atoms with Gasteiger partial charge in [0.1, 0.15) is 0 Å². The summed E-state index contributed by atoms with van der Waals surface area (Å²) in [6.07, 6.45) is 3.88. The molecule has 0 aromatic rings. The third-order valence-corrected chi connectivity index (χ3v) is 3.01. The van der Waals surface area contributed by atoms with Crippen LogP contribution in [0.2, 0.25) is 0 Å². The molecule has 1 N–H and O–H groups in total. The van der Waals surface area contributed by atoms with Crippen LogP contribution in [-0.4, -0.2) is 17.4 Å². The smallest absolute Gasteiger partial charge is 0.295 e. The highest BCUT2D eigenvalue weighted by atomic mass is 16.6. The topological polar surface area (TPSA) is 46.5 Å². The van der Waals surface area contributed by atoms with Crippen LogP contribution in [0.15, 0.2) is 0 Å². The van der Waals surface area contributed by atoms with Gasteiger partial charge < -0.3 is 9.84 Å². The van der Waals surface area contributed by atoms with Gasteiger partial charge in [-0.05, 0) is 25.2 Å². The third-order valence-electron chi connectivity index (χ3n) is 3.01. The number of carbonyl (C=O) groups excluding carboxylic acids is 1. The number of fused-ring (bicyclic) bond motifs is 2. The summed E-state index contributed by atoms with van der Waals surface area (Å²) < 4.78 is 4.70. The highest BCUT2D eigenvalue weighted by molar-refractivity contribution is 5.38. The molecule has 0 aromatic carbocycles. The van der Waals surface area contributed by atoms with Gasteiger partial charge in [-0.2, -0.15) is 0 Å². The quantitative estimate of drug-likeness (QED) is 0.472. The Morgan fingerprint density at radius 3 is 2.82 bits per heavy atom. The van der Waals surface area contributed by atoms with Crippen molar-refractivity contribution in [1.82, 2.24) is 0 Å². The Morgan fingerprint density at radius 1 is 1.55 bits per heavy atom. The zero-order valence-electron chi connectivity index (χ0n) is 6.32. The molecule has 3 heteroatoms. The maximum absolute atomic E-state index is 10.1. The monoisotopic (exact) mass is 156 g/mol. The molecule has 2 bridgehead atoms. The first kappa shape index (κ1) is 7.10.